The molecular formula is C9H19N2O. The van der Waals surface area contributed by atoms with Crippen LogP contribution in [0.15, 0.2) is 0 Å². The molecular weight excluding hydrogens is 152 g/mol. The number of nitrogens with one attached hydrogen (secondary N) is 1. The Hall–Kier alpha value is -0.570. The fourth-order valence-electron chi connectivity index (χ4n) is 1.04. The predicted molar refractivity (Wildman–Crippen MR) is 50.0 cm³/mol. The lowest BCUT2D eigenvalue weighted by molar-refractivity contribution is -0.118. The van der Waals surface area contributed by atoms with E-state index in [-0.39, 0.29) is 5.91 Å². The summed E-state index contributed by atoms with van der Waals surface area (Å²) in [6.45, 7) is 2.19. The Labute approximate surface area is 74.7 Å². The summed E-state index contributed by atoms with van der Waals surface area (Å²) in [5.41, 5.74) is 2.07. The lowest BCUT2D eigenvalue weighted by atomic mass is 10.1. The molecule has 0 saturated carbocycles. The van der Waals surface area contributed by atoms with E-state index in [4.69, 9.17) is 5.84 Å². The number of unbranched alkanes of at least 4 members (excludes halogenated alkanes) is 5. The Morgan fingerprint density at radius 2 is 2.00 bits per heavy atom. The molecule has 0 bridgehead atoms. The highest BCUT2D eigenvalue weighted by Gasteiger charge is 1.97. The Bertz CT molecular complexity index is 115. The highest BCUT2D eigenvalue weighted by atomic mass is 16.2. The van der Waals surface area contributed by atoms with E-state index in [0.29, 0.717) is 0 Å². The summed E-state index contributed by atoms with van der Waals surface area (Å²) < 4.78 is 0. The Morgan fingerprint density at radius 1 is 1.33 bits per heavy atom. The molecule has 3 heteroatoms. The molecule has 0 rings (SSSR count). The Kier molecular flexibility index (Phi) is 8.12. The van der Waals surface area contributed by atoms with E-state index in [1.54, 1.807) is 6.42 Å². The van der Waals surface area contributed by atoms with Crippen molar-refractivity contribution in [3.8, 4) is 0 Å². The number of hydrazine groups is 1. The van der Waals surface area contributed by atoms with Crippen molar-refractivity contribution in [1.82, 2.24) is 5.43 Å². The average Bonchev–Trinajstić information content (AvgIpc) is 2.10. The van der Waals surface area contributed by atoms with Crippen molar-refractivity contribution < 1.29 is 4.79 Å². The Balaban J connectivity index is 2.95. The SMILES string of the molecule is CCCCCCC[CH]C(=O)NN. The van der Waals surface area contributed by atoms with Crippen molar-refractivity contribution in [2.75, 3.05) is 0 Å². The normalized spacial score (nSPS) is 9.83. The molecule has 1 amide bonds. The monoisotopic (exact) mass is 171 g/mol. The second kappa shape index (κ2) is 8.53. The number of rotatable bonds is 7. The van der Waals surface area contributed by atoms with E-state index in [2.05, 4.69) is 12.3 Å². The summed E-state index contributed by atoms with van der Waals surface area (Å²) in [6, 6.07) is 0. The maximum Gasteiger partial charge on any atom is 0.237 e. The smallest absolute Gasteiger partial charge is 0.237 e. The maximum atomic E-state index is 10.6. The molecule has 0 saturated heterocycles. The van der Waals surface area contributed by atoms with E-state index in [0.717, 1.165) is 12.8 Å². The zero-order valence-corrected chi connectivity index (χ0v) is 7.81. The topological polar surface area (TPSA) is 55.1 Å². The zero-order chi connectivity index (χ0) is 9.23. The third kappa shape index (κ3) is 7.54. The fourth-order valence-corrected chi connectivity index (χ4v) is 1.04. The predicted octanol–water partition coefficient (Wildman–Crippen LogP) is 1.54. The molecule has 0 spiro atoms. The van der Waals surface area contributed by atoms with Gasteiger partial charge in [0.1, 0.15) is 0 Å². The van der Waals surface area contributed by atoms with Gasteiger partial charge in [0, 0.05) is 0 Å². The summed E-state index contributed by atoms with van der Waals surface area (Å²) in [5.74, 6) is 4.73. The summed E-state index contributed by atoms with van der Waals surface area (Å²) in [7, 11) is 0. The van der Waals surface area contributed by atoms with Gasteiger partial charge in [-0.2, -0.15) is 0 Å². The molecule has 0 aromatic rings. The fraction of sp³-hybridized carbons (Fsp3) is 0.778. The molecule has 0 aromatic carbocycles. The second-order valence-corrected chi connectivity index (χ2v) is 2.92. The van der Waals surface area contributed by atoms with E-state index in [1.807, 2.05) is 0 Å². The van der Waals surface area contributed by atoms with Crippen molar-refractivity contribution in [3.63, 3.8) is 0 Å². The third-order valence-electron chi connectivity index (χ3n) is 1.78. The van der Waals surface area contributed by atoms with E-state index in [9.17, 15) is 4.79 Å². The van der Waals surface area contributed by atoms with Crippen molar-refractivity contribution in [2.45, 2.75) is 45.4 Å². The van der Waals surface area contributed by atoms with Crippen LogP contribution in [0.2, 0.25) is 0 Å². The first-order chi connectivity index (χ1) is 5.81. The molecule has 0 aromatic heterocycles. The van der Waals surface area contributed by atoms with Gasteiger partial charge in [0.2, 0.25) is 5.91 Å². The lowest BCUT2D eigenvalue weighted by Gasteiger charge is -1.99. The van der Waals surface area contributed by atoms with Crippen LogP contribution in [0, 0.1) is 6.42 Å². The van der Waals surface area contributed by atoms with Crippen LogP contribution in [0.1, 0.15) is 45.4 Å². The zero-order valence-electron chi connectivity index (χ0n) is 7.81. The minimum Gasteiger partial charge on any atom is -0.294 e. The Morgan fingerprint density at radius 3 is 2.58 bits per heavy atom. The molecule has 1 radical (unpaired) electrons. The highest BCUT2D eigenvalue weighted by molar-refractivity contribution is 5.83. The molecule has 71 valence electrons. The van der Waals surface area contributed by atoms with Gasteiger partial charge in [-0.25, -0.2) is 5.84 Å². The number of hydrogen-bond donors (Lipinski definition) is 2. The summed E-state index contributed by atoms with van der Waals surface area (Å²) in [5, 5.41) is 0. The number of carbonyl (C=O) groups excluding carboxylic acids is 1. The molecule has 0 heterocycles. The highest BCUT2D eigenvalue weighted by Crippen LogP contribution is 2.05. The average molecular weight is 171 g/mol. The molecule has 0 atom stereocenters. The van der Waals surface area contributed by atoms with Gasteiger partial charge in [-0.15, -0.1) is 0 Å². The van der Waals surface area contributed by atoms with E-state index >= 15 is 0 Å². The van der Waals surface area contributed by atoms with Gasteiger partial charge in [-0.05, 0) is 6.42 Å². The summed E-state index contributed by atoms with van der Waals surface area (Å²) in [6.07, 6.45) is 8.57. The minimum absolute atomic E-state index is 0.175. The van der Waals surface area contributed by atoms with Crippen LogP contribution < -0.4 is 11.3 Å². The molecule has 12 heavy (non-hydrogen) atoms. The number of carbonyl (C=O) groups is 1. The van der Waals surface area contributed by atoms with Crippen LogP contribution in [-0.4, -0.2) is 5.91 Å². The van der Waals surface area contributed by atoms with Gasteiger partial charge in [0.25, 0.3) is 0 Å². The third-order valence-corrected chi connectivity index (χ3v) is 1.78. The van der Waals surface area contributed by atoms with Gasteiger partial charge in [0.05, 0.1) is 6.42 Å². The first kappa shape index (κ1) is 11.4. The van der Waals surface area contributed by atoms with Crippen LogP contribution in [0.5, 0.6) is 0 Å². The molecule has 3 N–H and O–H groups in total. The van der Waals surface area contributed by atoms with E-state index < -0.39 is 0 Å². The van der Waals surface area contributed by atoms with Crippen molar-refractivity contribution in [3.05, 3.63) is 6.42 Å². The quantitative estimate of drug-likeness (QED) is 0.264. The lowest BCUT2D eigenvalue weighted by Crippen LogP contribution is -2.30. The van der Waals surface area contributed by atoms with Crippen molar-refractivity contribution in [1.29, 1.82) is 0 Å². The van der Waals surface area contributed by atoms with Crippen LogP contribution in [0.3, 0.4) is 0 Å². The van der Waals surface area contributed by atoms with Gasteiger partial charge in [-0.3, -0.25) is 10.2 Å². The number of amides is 1. The molecule has 0 aliphatic carbocycles. The molecule has 0 fully saturated rings. The standard InChI is InChI=1S/C9H19N2O/c1-2-3-4-5-6-7-8-9(12)11-10/h8H,2-7,10H2,1H3,(H,11,12). The van der Waals surface area contributed by atoms with Gasteiger partial charge in [-0.1, -0.05) is 39.0 Å². The van der Waals surface area contributed by atoms with Crippen LogP contribution >= 0.6 is 0 Å². The van der Waals surface area contributed by atoms with Gasteiger partial charge >= 0.3 is 0 Å². The van der Waals surface area contributed by atoms with Crippen molar-refractivity contribution >= 4 is 5.91 Å². The van der Waals surface area contributed by atoms with Crippen LogP contribution in [0.4, 0.5) is 0 Å². The summed E-state index contributed by atoms with van der Waals surface area (Å²) >= 11 is 0. The van der Waals surface area contributed by atoms with Crippen molar-refractivity contribution in [2.24, 2.45) is 5.84 Å². The maximum absolute atomic E-state index is 10.6. The van der Waals surface area contributed by atoms with Gasteiger partial charge in [0.15, 0.2) is 0 Å². The molecule has 0 aliphatic rings. The molecule has 3 nitrogen and oxygen atoms in total. The molecule has 0 aliphatic heterocycles. The van der Waals surface area contributed by atoms with Crippen LogP contribution in [-0.2, 0) is 4.79 Å². The summed E-state index contributed by atoms with van der Waals surface area (Å²) in [4.78, 5) is 10.6. The minimum atomic E-state index is -0.175. The number of hydrogen-bond acceptors (Lipinski definition) is 2. The number of nitrogens with two attached hydrogens (primary N) is 1. The first-order valence-corrected chi connectivity index (χ1v) is 4.65. The van der Waals surface area contributed by atoms with Gasteiger partial charge < -0.3 is 0 Å². The first-order valence-electron chi connectivity index (χ1n) is 4.65. The largest absolute Gasteiger partial charge is 0.294 e. The second-order valence-electron chi connectivity index (χ2n) is 2.92. The molecule has 0 unspecified atom stereocenters. The van der Waals surface area contributed by atoms with E-state index in [1.165, 1.54) is 25.7 Å². The van der Waals surface area contributed by atoms with Crippen LogP contribution in [0.25, 0.3) is 0 Å².